The number of rotatable bonds is 3. The Kier molecular flexibility index (Phi) is 4.11. The van der Waals surface area contributed by atoms with Gasteiger partial charge in [0, 0.05) is 23.8 Å². The number of amides is 1. The molecule has 0 atom stereocenters. The fraction of sp³-hybridized carbons (Fsp3) is 0.278. The van der Waals surface area contributed by atoms with E-state index < -0.39 is 17.0 Å². The Bertz CT molecular complexity index is 741. The molecule has 1 aliphatic rings. The molecule has 1 aliphatic carbocycles. The Morgan fingerprint density at radius 2 is 1.74 bits per heavy atom. The van der Waals surface area contributed by atoms with Crippen LogP contribution in [0.1, 0.15) is 24.8 Å². The summed E-state index contributed by atoms with van der Waals surface area (Å²) in [7, 11) is 1.59. The SMILES string of the molecule is CN(C(=O)C1(c2ccc(Cl)cc2)CCC1)c1ccc(F)c(F)c1. The van der Waals surface area contributed by atoms with E-state index >= 15 is 0 Å². The highest BCUT2D eigenvalue weighted by Gasteiger charge is 2.47. The van der Waals surface area contributed by atoms with Crippen LogP contribution in [-0.4, -0.2) is 13.0 Å². The van der Waals surface area contributed by atoms with Crippen molar-refractivity contribution in [3.8, 4) is 0 Å². The number of hydrogen-bond acceptors (Lipinski definition) is 1. The average Bonchev–Trinajstić information content (AvgIpc) is 2.50. The zero-order valence-electron chi connectivity index (χ0n) is 12.7. The molecule has 0 unspecified atom stereocenters. The van der Waals surface area contributed by atoms with Crippen LogP contribution in [0.2, 0.25) is 5.02 Å². The van der Waals surface area contributed by atoms with Crippen LogP contribution >= 0.6 is 11.6 Å². The summed E-state index contributed by atoms with van der Waals surface area (Å²) in [5.74, 6) is -2.00. The third-order valence-electron chi connectivity index (χ3n) is 4.61. The lowest BCUT2D eigenvalue weighted by atomic mass is 9.63. The summed E-state index contributed by atoms with van der Waals surface area (Å²) in [6, 6.07) is 10.7. The Morgan fingerprint density at radius 3 is 2.26 bits per heavy atom. The van der Waals surface area contributed by atoms with Crippen LogP contribution < -0.4 is 4.90 Å². The number of carbonyl (C=O) groups excluding carboxylic acids is 1. The Hall–Kier alpha value is -1.94. The maximum atomic E-state index is 13.4. The lowest BCUT2D eigenvalue weighted by molar-refractivity contribution is -0.126. The van der Waals surface area contributed by atoms with Gasteiger partial charge in [-0.2, -0.15) is 0 Å². The first-order chi connectivity index (χ1) is 10.9. The van der Waals surface area contributed by atoms with Crippen LogP contribution in [0.3, 0.4) is 0 Å². The number of nitrogens with zero attached hydrogens (tertiary/aromatic N) is 1. The summed E-state index contributed by atoms with van der Waals surface area (Å²) in [5, 5.41) is 0.615. The van der Waals surface area contributed by atoms with Gasteiger partial charge < -0.3 is 4.90 Å². The van der Waals surface area contributed by atoms with Crippen LogP contribution in [-0.2, 0) is 10.2 Å². The number of carbonyl (C=O) groups is 1. The van der Waals surface area contributed by atoms with Gasteiger partial charge in [-0.1, -0.05) is 30.2 Å². The zero-order chi connectivity index (χ0) is 16.6. The van der Waals surface area contributed by atoms with E-state index in [0.717, 1.165) is 37.0 Å². The Morgan fingerprint density at radius 1 is 1.09 bits per heavy atom. The molecule has 0 heterocycles. The molecule has 3 rings (SSSR count). The van der Waals surface area contributed by atoms with Gasteiger partial charge in [0.05, 0.1) is 5.41 Å². The minimum absolute atomic E-state index is 0.114. The molecule has 23 heavy (non-hydrogen) atoms. The van der Waals surface area contributed by atoms with E-state index in [1.807, 2.05) is 12.1 Å². The Labute approximate surface area is 138 Å². The van der Waals surface area contributed by atoms with Crippen molar-refractivity contribution < 1.29 is 13.6 Å². The number of likely N-dealkylation sites (N-methyl/N-ethyl adjacent to an activating group) is 1. The molecule has 2 aromatic carbocycles. The highest BCUT2D eigenvalue weighted by molar-refractivity contribution is 6.30. The van der Waals surface area contributed by atoms with Crippen LogP contribution in [0, 0.1) is 11.6 Å². The molecule has 2 aromatic rings. The van der Waals surface area contributed by atoms with Crippen LogP contribution in [0.15, 0.2) is 42.5 Å². The molecule has 1 amide bonds. The van der Waals surface area contributed by atoms with E-state index in [1.54, 1.807) is 19.2 Å². The van der Waals surface area contributed by atoms with Gasteiger partial charge in [0.2, 0.25) is 5.91 Å². The Balaban J connectivity index is 1.93. The topological polar surface area (TPSA) is 20.3 Å². The maximum Gasteiger partial charge on any atom is 0.237 e. The molecule has 0 aliphatic heterocycles. The monoisotopic (exact) mass is 335 g/mol. The van der Waals surface area contributed by atoms with Crippen molar-refractivity contribution in [1.29, 1.82) is 0 Å². The predicted octanol–water partition coefficient (Wildman–Crippen LogP) is 4.70. The van der Waals surface area contributed by atoms with Crippen LogP contribution in [0.5, 0.6) is 0 Å². The molecule has 0 radical (unpaired) electrons. The maximum absolute atomic E-state index is 13.4. The van der Waals surface area contributed by atoms with Crippen LogP contribution in [0.4, 0.5) is 14.5 Å². The number of anilines is 1. The molecule has 5 heteroatoms. The van der Waals surface area contributed by atoms with E-state index in [9.17, 15) is 13.6 Å². The molecule has 0 aromatic heterocycles. The molecule has 0 saturated heterocycles. The van der Waals surface area contributed by atoms with Gasteiger partial charge in [-0.3, -0.25) is 4.79 Å². The lowest BCUT2D eigenvalue weighted by Crippen LogP contribution is -2.50. The van der Waals surface area contributed by atoms with Gasteiger partial charge >= 0.3 is 0 Å². The minimum Gasteiger partial charge on any atom is -0.315 e. The molecular weight excluding hydrogens is 320 g/mol. The number of benzene rings is 2. The summed E-state index contributed by atoms with van der Waals surface area (Å²) in [4.78, 5) is 14.4. The minimum atomic E-state index is -0.962. The van der Waals surface area contributed by atoms with Gasteiger partial charge in [0.1, 0.15) is 0 Å². The van der Waals surface area contributed by atoms with Crippen molar-refractivity contribution in [3.63, 3.8) is 0 Å². The van der Waals surface area contributed by atoms with Gasteiger partial charge in [0.25, 0.3) is 0 Å². The van der Waals surface area contributed by atoms with Crippen molar-refractivity contribution in [2.75, 3.05) is 11.9 Å². The van der Waals surface area contributed by atoms with Crippen molar-refractivity contribution >= 4 is 23.2 Å². The summed E-state index contributed by atoms with van der Waals surface area (Å²) in [6.07, 6.45) is 2.43. The lowest BCUT2D eigenvalue weighted by Gasteiger charge is -2.43. The smallest absolute Gasteiger partial charge is 0.237 e. The second kappa shape index (κ2) is 5.93. The fourth-order valence-corrected chi connectivity index (χ4v) is 3.18. The summed E-state index contributed by atoms with van der Waals surface area (Å²) < 4.78 is 26.5. The normalized spacial score (nSPS) is 15.8. The first-order valence-electron chi connectivity index (χ1n) is 7.43. The average molecular weight is 336 g/mol. The molecule has 1 fully saturated rings. The summed E-state index contributed by atoms with van der Waals surface area (Å²) in [5.41, 5.74) is 0.645. The zero-order valence-corrected chi connectivity index (χ0v) is 13.4. The number of hydrogen-bond donors (Lipinski definition) is 0. The quantitative estimate of drug-likeness (QED) is 0.796. The third-order valence-corrected chi connectivity index (χ3v) is 4.86. The highest BCUT2D eigenvalue weighted by Crippen LogP contribution is 2.45. The van der Waals surface area contributed by atoms with Crippen molar-refractivity contribution in [2.45, 2.75) is 24.7 Å². The molecule has 0 spiro atoms. The molecule has 120 valence electrons. The molecule has 1 saturated carbocycles. The first kappa shape index (κ1) is 15.9. The predicted molar refractivity (Wildman–Crippen MR) is 86.7 cm³/mol. The van der Waals surface area contributed by atoms with Gasteiger partial charge in [-0.05, 0) is 42.7 Å². The molecule has 2 nitrogen and oxygen atoms in total. The molecule has 0 N–H and O–H groups in total. The number of halogens is 3. The largest absolute Gasteiger partial charge is 0.315 e. The van der Waals surface area contributed by atoms with E-state index in [4.69, 9.17) is 11.6 Å². The van der Waals surface area contributed by atoms with Crippen molar-refractivity contribution in [2.24, 2.45) is 0 Å². The van der Waals surface area contributed by atoms with Crippen molar-refractivity contribution in [3.05, 3.63) is 64.7 Å². The molecular formula is C18H16ClF2NO. The molecule has 0 bridgehead atoms. The van der Waals surface area contributed by atoms with E-state index in [-0.39, 0.29) is 5.91 Å². The summed E-state index contributed by atoms with van der Waals surface area (Å²) >= 11 is 5.92. The van der Waals surface area contributed by atoms with Crippen molar-refractivity contribution in [1.82, 2.24) is 0 Å². The van der Waals surface area contributed by atoms with Crippen LogP contribution in [0.25, 0.3) is 0 Å². The van der Waals surface area contributed by atoms with Gasteiger partial charge in [0.15, 0.2) is 11.6 Å². The fourth-order valence-electron chi connectivity index (χ4n) is 3.06. The van der Waals surface area contributed by atoms with Gasteiger partial charge in [-0.25, -0.2) is 8.78 Å². The first-order valence-corrected chi connectivity index (χ1v) is 7.81. The summed E-state index contributed by atoms with van der Waals surface area (Å²) in [6.45, 7) is 0. The highest BCUT2D eigenvalue weighted by atomic mass is 35.5. The second-order valence-corrected chi connectivity index (χ2v) is 6.34. The van der Waals surface area contributed by atoms with E-state index in [1.165, 1.54) is 11.0 Å². The van der Waals surface area contributed by atoms with E-state index in [2.05, 4.69) is 0 Å². The standard InChI is InChI=1S/C18H16ClF2NO/c1-22(14-7-8-15(20)16(21)11-14)17(23)18(9-2-10-18)12-3-5-13(19)6-4-12/h3-8,11H,2,9-10H2,1H3. The van der Waals surface area contributed by atoms with Gasteiger partial charge in [-0.15, -0.1) is 0 Å². The third kappa shape index (κ3) is 2.72. The second-order valence-electron chi connectivity index (χ2n) is 5.91. The van der Waals surface area contributed by atoms with E-state index in [0.29, 0.717) is 10.7 Å².